The number of fused-ring (bicyclic) bond motifs is 1. The molecule has 18 heavy (non-hydrogen) atoms. The highest BCUT2D eigenvalue weighted by atomic mass is 16.5. The quantitative estimate of drug-likeness (QED) is 0.834. The Morgan fingerprint density at radius 1 is 1.50 bits per heavy atom. The minimum atomic E-state index is -0.321. The normalized spacial score (nSPS) is 12.9. The summed E-state index contributed by atoms with van der Waals surface area (Å²) in [5.41, 5.74) is 1.84. The summed E-state index contributed by atoms with van der Waals surface area (Å²) >= 11 is 0. The monoisotopic (exact) mass is 244 g/mol. The second-order valence-electron chi connectivity index (χ2n) is 4.12. The summed E-state index contributed by atoms with van der Waals surface area (Å²) in [6.07, 6.45) is 0.874. The average Bonchev–Trinajstić information content (AvgIpc) is 2.96. The van der Waals surface area contributed by atoms with E-state index in [1.807, 2.05) is 18.2 Å². The minimum Gasteiger partial charge on any atom is -0.493 e. The minimum absolute atomic E-state index is 0.143. The van der Waals surface area contributed by atoms with Crippen molar-refractivity contribution >= 4 is 11.6 Å². The lowest BCUT2D eigenvalue weighted by Gasteiger charge is -2.04. The Morgan fingerprint density at radius 3 is 3.17 bits per heavy atom. The van der Waals surface area contributed by atoms with Gasteiger partial charge >= 0.3 is 0 Å². The first-order valence-corrected chi connectivity index (χ1v) is 5.68. The van der Waals surface area contributed by atoms with Crippen LogP contribution in [0.5, 0.6) is 5.75 Å². The lowest BCUT2D eigenvalue weighted by molar-refractivity contribution is 0.101. The molecule has 2 aromatic rings. The number of benzene rings is 1. The Bertz CT molecular complexity index is 606. The van der Waals surface area contributed by atoms with Gasteiger partial charge in [0, 0.05) is 12.1 Å². The molecule has 1 aromatic heterocycles. The summed E-state index contributed by atoms with van der Waals surface area (Å²) in [4.78, 5) is 15.8. The van der Waals surface area contributed by atoms with Gasteiger partial charge in [0.05, 0.1) is 6.61 Å². The second-order valence-corrected chi connectivity index (χ2v) is 4.12. The van der Waals surface area contributed by atoms with Crippen molar-refractivity contribution in [2.24, 2.45) is 0 Å². The molecule has 0 radical (unpaired) electrons. The Kier molecular flexibility index (Phi) is 2.47. The number of aryl methyl sites for hydroxylation is 1. The van der Waals surface area contributed by atoms with E-state index in [-0.39, 0.29) is 11.7 Å². The van der Waals surface area contributed by atoms with Crippen molar-refractivity contribution in [3.63, 3.8) is 0 Å². The molecule has 92 valence electrons. The van der Waals surface area contributed by atoms with Crippen LogP contribution in [-0.2, 0) is 6.42 Å². The van der Waals surface area contributed by atoms with Gasteiger partial charge in [-0.15, -0.1) is 5.10 Å². The van der Waals surface area contributed by atoms with Crippen LogP contribution in [0.15, 0.2) is 18.2 Å². The van der Waals surface area contributed by atoms with E-state index in [9.17, 15) is 4.79 Å². The molecule has 0 spiro atoms. The van der Waals surface area contributed by atoms with Crippen LogP contribution in [0.25, 0.3) is 0 Å². The van der Waals surface area contributed by atoms with Gasteiger partial charge in [0.25, 0.3) is 5.91 Å². The van der Waals surface area contributed by atoms with Crippen molar-refractivity contribution in [1.29, 1.82) is 0 Å². The number of hydrogen-bond acceptors (Lipinski definition) is 4. The van der Waals surface area contributed by atoms with Gasteiger partial charge in [-0.3, -0.25) is 9.89 Å². The number of amides is 1. The summed E-state index contributed by atoms with van der Waals surface area (Å²) in [6.45, 7) is 2.45. The largest absolute Gasteiger partial charge is 0.493 e. The van der Waals surface area contributed by atoms with E-state index in [4.69, 9.17) is 4.74 Å². The number of ether oxygens (including phenoxy) is 1. The fourth-order valence-corrected chi connectivity index (χ4v) is 1.90. The van der Waals surface area contributed by atoms with E-state index in [1.165, 1.54) is 0 Å². The van der Waals surface area contributed by atoms with Crippen molar-refractivity contribution < 1.29 is 9.53 Å². The van der Waals surface area contributed by atoms with Crippen molar-refractivity contribution in [3.8, 4) is 5.75 Å². The van der Waals surface area contributed by atoms with E-state index in [2.05, 4.69) is 20.5 Å². The molecular formula is C12H12N4O2. The number of H-pyrrole nitrogens is 1. The molecule has 1 aliphatic heterocycles. The highest BCUT2D eigenvalue weighted by molar-refractivity contribution is 6.01. The van der Waals surface area contributed by atoms with E-state index in [0.717, 1.165) is 23.4 Å². The molecule has 0 saturated heterocycles. The van der Waals surface area contributed by atoms with Crippen molar-refractivity contribution in [3.05, 3.63) is 35.4 Å². The maximum Gasteiger partial charge on any atom is 0.295 e. The van der Waals surface area contributed by atoms with Crippen LogP contribution in [0.3, 0.4) is 0 Å². The van der Waals surface area contributed by atoms with E-state index >= 15 is 0 Å². The van der Waals surface area contributed by atoms with Crippen LogP contribution in [0.1, 0.15) is 22.0 Å². The zero-order valence-corrected chi connectivity index (χ0v) is 9.86. The van der Waals surface area contributed by atoms with Gasteiger partial charge in [-0.1, -0.05) is 0 Å². The number of rotatable bonds is 2. The van der Waals surface area contributed by atoms with Gasteiger partial charge in [0.1, 0.15) is 11.6 Å². The van der Waals surface area contributed by atoms with Gasteiger partial charge < -0.3 is 10.1 Å². The molecule has 1 amide bonds. The van der Waals surface area contributed by atoms with Gasteiger partial charge in [-0.05, 0) is 30.7 Å². The predicted molar refractivity (Wildman–Crippen MR) is 64.7 cm³/mol. The first kappa shape index (κ1) is 10.8. The molecule has 1 aliphatic rings. The van der Waals surface area contributed by atoms with Crippen molar-refractivity contribution in [2.75, 3.05) is 11.9 Å². The zero-order chi connectivity index (χ0) is 12.5. The molecule has 2 heterocycles. The molecule has 0 bridgehead atoms. The van der Waals surface area contributed by atoms with Gasteiger partial charge in [-0.25, -0.2) is 4.98 Å². The van der Waals surface area contributed by atoms with Crippen LogP contribution in [0.4, 0.5) is 5.69 Å². The Labute approximate surface area is 103 Å². The highest BCUT2D eigenvalue weighted by Gasteiger charge is 2.15. The van der Waals surface area contributed by atoms with Crippen LogP contribution < -0.4 is 10.1 Å². The molecule has 6 nitrogen and oxygen atoms in total. The summed E-state index contributed by atoms with van der Waals surface area (Å²) in [7, 11) is 0. The lowest BCUT2D eigenvalue weighted by atomic mass is 10.1. The number of carbonyl (C=O) groups is 1. The third kappa shape index (κ3) is 1.92. The molecule has 3 rings (SSSR count). The molecule has 6 heteroatoms. The maximum atomic E-state index is 11.8. The predicted octanol–water partition coefficient (Wildman–Crippen LogP) is 1.30. The lowest BCUT2D eigenvalue weighted by Crippen LogP contribution is -2.13. The van der Waals surface area contributed by atoms with E-state index < -0.39 is 0 Å². The van der Waals surface area contributed by atoms with Gasteiger partial charge in [0.15, 0.2) is 0 Å². The summed E-state index contributed by atoms with van der Waals surface area (Å²) < 4.78 is 5.40. The van der Waals surface area contributed by atoms with E-state index in [1.54, 1.807) is 6.92 Å². The first-order chi connectivity index (χ1) is 8.72. The van der Waals surface area contributed by atoms with Crippen molar-refractivity contribution in [1.82, 2.24) is 15.2 Å². The second kappa shape index (κ2) is 4.14. The summed E-state index contributed by atoms with van der Waals surface area (Å²) in [5.74, 6) is 1.33. The Balaban J connectivity index is 1.78. The van der Waals surface area contributed by atoms with Gasteiger partial charge in [-0.2, -0.15) is 0 Å². The summed E-state index contributed by atoms with van der Waals surface area (Å²) in [6, 6.07) is 5.59. The van der Waals surface area contributed by atoms with Crippen molar-refractivity contribution in [2.45, 2.75) is 13.3 Å². The fourth-order valence-electron chi connectivity index (χ4n) is 1.90. The topological polar surface area (TPSA) is 79.9 Å². The highest BCUT2D eigenvalue weighted by Crippen LogP contribution is 2.27. The number of hydrogen-bond donors (Lipinski definition) is 2. The third-order valence-corrected chi connectivity index (χ3v) is 2.75. The molecule has 0 fully saturated rings. The Hall–Kier alpha value is -2.37. The number of nitrogens with one attached hydrogen (secondary N) is 2. The summed E-state index contributed by atoms with van der Waals surface area (Å²) in [5, 5.41) is 9.21. The maximum absolute atomic E-state index is 11.8. The number of aromatic nitrogens is 3. The standard InChI is InChI=1S/C12H12N4O2/c1-7-13-11(16-15-7)12(17)14-9-2-3-10-8(6-9)4-5-18-10/h2-3,6H,4-5H2,1H3,(H,14,17)(H,13,15,16). The van der Waals surface area contributed by atoms with Crippen LogP contribution in [-0.4, -0.2) is 27.7 Å². The van der Waals surface area contributed by atoms with Gasteiger partial charge in [0.2, 0.25) is 5.82 Å². The molecule has 0 atom stereocenters. The number of carbonyl (C=O) groups excluding carboxylic acids is 1. The van der Waals surface area contributed by atoms with Crippen LogP contribution in [0, 0.1) is 6.92 Å². The molecule has 1 aromatic carbocycles. The zero-order valence-electron chi connectivity index (χ0n) is 9.86. The molecule has 0 unspecified atom stereocenters. The average molecular weight is 244 g/mol. The molecule has 2 N–H and O–H groups in total. The van der Waals surface area contributed by atoms with E-state index in [0.29, 0.717) is 12.4 Å². The SMILES string of the molecule is Cc1nc(C(=O)Nc2ccc3c(c2)CCO3)n[nH]1. The van der Waals surface area contributed by atoms with Crippen LogP contribution >= 0.6 is 0 Å². The third-order valence-electron chi connectivity index (χ3n) is 2.75. The fraction of sp³-hybridized carbons (Fsp3) is 0.250. The van der Waals surface area contributed by atoms with Crippen LogP contribution in [0.2, 0.25) is 0 Å². The number of nitrogens with zero attached hydrogens (tertiary/aromatic N) is 2. The Morgan fingerprint density at radius 2 is 2.39 bits per heavy atom. The molecular weight excluding hydrogens is 232 g/mol. The molecule has 0 aliphatic carbocycles. The molecule has 0 saturated carbocycles. The number of anilines is 1. The smallest absolute Gasteiger partial charge is 0.295 e. The first-order valence-electron chi connectivity index (χ1n) is 5.68. The number of aromatic amines is 1.